The molecular weight excluding hydrogens is 204 g/mol. The molecule has 84 valence electrons. The lowest BCUT2D eigenvalue weighted by atomic mass is 10.1. The van der Waals surface area contributed by atoms with Gasteiger partial charge in [-0.15, -0.1) is 0 Å². The molecule has 1 unspecified atom stereocenters. The molecule has 3 heteroatoms. The zero-order valence-corrected chi connectivity index (χ0v) is 10.3. The molecule has 0 aromatic rings. The Balaban J connectivity index is 1.75. The van der Waals surface area contributed by atoms with Crippen molar-refractivity contribution in [1.82, 2.24) is 5.32 Å². The molecule has 15 heavy (non-hydrogen) atoms. The number of thioether (sulfide) groups is 1. The van der Waals surface area contributed by atoms with Crippen LogP contribution in [0, 0.1) is 11.3 Å². The van der Waals surface area contributed by atoms with E-state index in [4.69, 9.17) is 0 Å². The van der Waals surface area contributed by atoms with Crippen LogP contribution in [0.5, 0.6) is 0 Å². The summed E-state index contributed by atoms with van der Waals surface area (Å²) in [5, 5.41) is 13.5. The van der Waals surface area contributed by atoms with Crippen molar-refractivity contribution >= 4 is 11.8 Å². The van der Waals surface area contributed by atoms with Gasteiger partial charge in [0.25, 0.3) is 0 Å². The third kappa shape index (κ3) is 3.39. The molecule has 1 atom stereocenters. The van der Waals surface area contributed by atoms with Crippen LogP contribution in [0.1, 0.15) is 45.4 Å². The molecule has 0 radical (unpaired) electrons. The summed E-state index contributed by atoms with van der Waals surface area (Å²) >= 11 is 2.00. The lowest BCUT2D eigenvalue weighted by molar-refractivity contribution is 0.490. The number of nitrogens with one attached hydrogen (secondary N) is 1. The van der Waals surface area contributed by atoms with E-state index in [9.17, 15) is 5.26 Å². The van der Waals surface area contributed by atoms with E-state index in [0.29, 0.717) is 6.04 Å². The average molecular weight is 224 g/mol. The molecule has 2 aliphatic carbocycles. The first kappa shape index (κ1) is 11.3. The summed E-state index contributed by atoms with van der Waals surface area (Å²) in [5.41, 5.74) is -0.297. The Morgan fingerprint density at radius 3 is 2.53 bits per heavy atom. The molecule has 2 nitrogen and oxygen atoms in total. The van der Waals surface area contributed by atoms with Gasteiger partial charge in [-0.05, 0) is 32.6 Å². The molecule has 2 fully saturated rings. The summed E-state index contributed by atoms with van der Waals surface area (Å²) in [4.78, 5) is 0. The summed E-state index contributed by atoms with van der Waals surface area (Å²) < 4.78 is 0. The molecule has 0 bridgehead atoms. The zero-order chi connectivity index (χ0) is 10.7. The molecule has 0 aromatic heterocycles. The van der Waals surface area contributed by atoms with Gasteiger partial charge in [0.05, 0.1) is 6.07 Å². The van der Waals surface area contributed by atoms with Gasteiger partial charge in [0.1, 0.15) is 5.54 Å². The van der Waals surface area contributed by atoms with E-state index in [1.165, 1.54) is 38.5 Å². The predicted molar refractivity (Wildman–Crippen MR) is 64.9 cm³/mol. The van der Waals surface area contributed by atoms with E-state index in [2.05, 4.69) is 11.4 Å². The van der Waals surface area contributed by atoms with E-state index in [-0.39, 0.29) is 5.54 Å². The van der Waals surface area contributed by atoms with E-state index in [0.717, 1.165) is 11.0 Å². The fraction of sp³-hybridized carbons (Fsp3) is 0.917. The molecule has 0 saturated heterocycles. The first-order valence-electron chi connectivity index (χ1n) is 6.02. The van der Waals surface area contributed by atoms with E-state index >= 15 is 0 Å². The maximum atomic E-state index is 9.21. The van der Waals surface area contributed by atoms with Gasteiger partial charge < -0.3 is 0 Å². The Morgan fingerprint density at radius 1 is 1.33 bits per heavy atom. The number of nitriles is 1. The third-order valence-corrected chi connectivity index (χ3v) is 4.94. The highest BCUT2D eigenvalue weighted by Crippen LogP contribution is 2.32. The first-order chi connectivity index (χ1) is 7.22. The van der Waals surface area contributed by atoms with Crippen molar-refractivity contribution in [3.63, 3.8) is 0 Å². The topological polar surface area (TPSA) is 35.8 Å². The molecular formula is C12H20N2S. The summed E-state index contributed by atoms with van der Waals surface area (Å²) in [6.45, 7) is 2.05. The van der Waals surface area contributed by atoms with E-state index in [1.54, 1.807) is 0 Å². The van der Waals surface area contributed by atoms with E-state index < -0.39 is 0 Å². The van der Waals surface area contributed by atoms with Gasteiger partial charge in [-0.3, -0.25) is 5.32 Å². The Bertz CT molecular complexity index is 251. The second-order valence-electron chi connectivity index (χ2n) is 5.08. The standard InChI is InChI=1S/C12H20N2S/c1-12(8-13,14-10-6-7-10)9-15-11-4-2-3-5-11/h10-11,14H,2-7,9H2,1H3. The summed E-state index contributed by atoms with van der Waals surface area (Å²) in [7, 11) is 0. The molecule has 1 N–H and O–H groups in total. The Labute approximate surface area is 96.8 Å². The van der Waals surface area contributed by atoms with Gasteiger partial charge in [0.15, 0.2) is 0 Å². The number of hydrogen-bond acceptors (Lipinski definition) is 3. The Kier molecular flexibility index (Phi) is 3.58. The van der Waals surface area contributed by atoms with Crippen molar-refractivity contribution in [2.75, 3.05) is 5.75 Å². The molecule has 0 heterocycles. The third-order valence-electron chi connectivity index (χ3n) is 3.26. The average Bonchev–Trinajstić information content (AvgIpc) is 2.88. The van der Waals surface area contributed by atoms with Crippen LogP contribution < -0.4 is 5.32 Å². The van der Waals surface area contributed by atoms with Crippen LogP contribution in [-0.4, -0.2) is 22.6 Å². The minimum Gasteiger partial charge on any atom is -0.296 e. The zero-order valence-electron chi connectivity index (χ0n) is 9.46. The molecule has 2 rings (SSSR count). The van der Waals surface area contributed by atoms with Crippen LogP contribution in [0.3, 0.4) is 0 Å². The number of rotatable bonds is 5. The predicted octanol–water partition coefficient (Wildman–Crippen LogP) is 2.70. The summed E-state index contributed by atoms with van der Waals surface area (Å²) in [6.07, 6.45) is 8.00. The normalized spacial score (nSPS) is 26.1. The van der Waals surface area contributed by atoms with Gasteiger partial charge >= 0.3 is 0 Å². The van der Waals surface area contributed by atoms with Gasteiger partial charge in [0.2, 0.25) is 0 Å². The highest BCUT2D eigenvalue weighted by atomic mass is 32.2. The summed E-state index contributed by atoms with van der Waals surface area (Å²) in [6, 6.07) is 3.07. The maximum Gasteiger partial charge on any atom is 0.113 e. The second kappa shape index (κ2) is 4.76. The number of nitrogens with zero attached hydrogens (tertiary/aromatic N) is 1. The van der Waals surface area contributed by atoms with Gasteiger partial charge in [-0.25, -0.2) is 0 Å². The van der Waals surface area contributed by atoms with Crippen LogP contribution in [0.4, 0.5) is 0 Å². The van der Waals surface area contributed by atoms with Crippen LogP contribution in [0.25, 0.3) is 0 Å². The lowest BCUT2D eigenvalue weighted by Crippen LogP contribution is -2.45. The minimum absolute atomic E-state index is 0.297. The fourth-order valence-corrected chi connectivity index (χ4v) is 3.51. The van der Waals surface area contributed by atoms with Crippen molar-refractivity contribution in [2.24, 2.45) is 0 Å². The van der Waals surface area contributed by atoms with Crippen LogP contribution in [0.2, 0.25) is 0 Å². The van der Waals surface area contributed by atoms with Gasteiger partial charge in [-0.1, -0.05) is 12.8 Å². The molecule has 2 saturated carbocycles. The Hall–Kier alpha value is -0.200. The van der Waals surface area contributed by atoms with Gasteiger partial charge in [-0.2, -0.15) is 17.0 Å². The highest BCUT2D eigenvalue weighted by Gasteiger charge is 2.33. The lowest BCUT2D eigenvalue weighted by Gasteiger charge is -2.24. The van der Waals surface area contributed by atoms with Crippen LogP contribution in [-0.2, 0) is 0 Å². The van der Waals surface area contributed by atoms with Crippen LogP contribution >= 0.6 is 11.8 Å². The maximum absolute atomic E-state index is 9.21. The first-order valence-corrected chi connectivity index (χ1v) is 7.07. The number of hydrogen-bond donors (Lipinski definition) is 1. The van der Waals surface area contributed by atoms with Crippen molar-refractivity contribution in [3.05, 3.63) is 0 Å². The monoisotopic (exact) mass is 224 g/mol. The highest BCUT2D eigenvalue weighted by molar-refractivity contribution is 8.00. The second-order valence-corrected chi connectivity index (χ2v) is 6.37. The van der Waals surface area contributed by atoms with Crippen molar-refractivity contribution in [3.8, 4) is 6.07 Å². The Morgan fingerprint density at radius 2 is 2.00 bits per heavy atom. The summed E-state index contributed by atoms with van der Waals surface area (Å²) in [5.74, 6) is 0.949. The van der Waals surface area contributed by atoms with Crippen molar-refractivity contribution in [1.29, 1.82) is 5.26 Å². The van der Waals surface area contributed by atoms with Gasteiger partial charge in [0, 0.05) is 17.0 Å². The quantitative estimate of drug-likeness (QED) is 0.780. The largest absolute Gasteiger partial charge is 0.296 e. The smallest absolute Gasteiger partial charge is 0.113 e. The van der Waals surface area contributed by atoms with Crippen molar-refractivity contribution < 1.29 is 0 Å². The molecule has 0 spiro atoms. The molecule has 2 aliphatic rings. The van der Waals surface area contributed by atoms with E-state index in [1.807, 2.05) is 18.7 Å². The molecule has 0 amide bonds. The SMILES string of the molecule is CC(C#N)(CSC1CCCC1)NC1CC1. The molecule has 0 aromatic carbocycles. The van der Waals surface area contributed by atoms with Crippen molar-refractivity contribution in [2.45, 2.75) is 62.3 Å². The molecule has 0 aliphatic heterocycles. The minimum atomic E-state index is -0.297. The fourth-order valence-electron chi connectivity index (χ4n) is 2.12. The van der Waals surface area contributed by atoms with Crippen LogP contribution in [0.15, 0.2) is 0 Å².